The van der Waals surface area contributed by atoms with Crippen molar-refractivity contribution < 1.29 is 27.9 Å². The Morgan fingerprint density at radius 2 is 1.96 bits per heavy atom. The number of rotatable bonds is 8. The molecule has 0 aromatic carbocycles. The number of ether oxygens (including phenoxy) is 2. The maximum absolute atomic E-state index is 11.7. The van der Waals surface area contributed by atoms with Crippen LogP contribution in [0.5, 0.6) is 0 Å². The molecular formula is C13H25N3O6S2. The summed E-state index contributed by atoms with van der Waals surface area (Å²) in [5.74, 6) is -0.106. The van der Waals surface area contributed by atoms with Crippen LogP contribution in [0.3, 0.4) is 0 Å². The summed E-state index contributed by atoms with van der Waals surface area (Å²) in [6.07, 6.45) is 2.14. The molecule has 0 saturated heterocycles. The Morgan fingerprint density at radius 1 is 1.38 bits per heavy atom. The van der Waals surface area contributed by atoms with E-state index in [1.54, 1.807) is 0 Å². The highest BCUT2D eigenvalue weighted by atomic mass is 32.2. The van der Waals surface area contributed by atoms with Crippen LogP contribution in [-0.2, 0) is 19.3 Å². The van der Waals surface area contributed by atoms with E-state index in [1.165, 1.54) is 29.6 Å². The molecule has 1 N–H and O–H groups in total. The fourth-order valence-electron chi connectivity index (χ4n) is 1.23. The van der Waals surface area contributed by atoms with Crippen molar-refractivity contribution in [3.8, 4) is 0 Å². The number of unbranched alkanes of at least 4 members (excludes halogenated alkanes) is 1. The van der Waals surface area contributed by atoms with E-state index in [4.69, 9.17) is 14.7 Å². The minimum absolute atomic E-state index is 0.106. The van der Waals surface area contributed by atoms with Gasteiger partial charge in [0, 0.05) is 20.4 Å². The largest absolute Gasteiger partial charge is 0.449 e. The van der Waals surface area contributed by atoms with Crippen molar-refractivity contribution in [2.24, 2.45) is 5.16 Å². The Kier molecular flexibility index (Phi) is 9.59. The number of carbonyl (C=O) groups is 1. The third-order valence-electron chi connectivity index (χ3n) is 2.90. The van der Waals surface area contributed by atoms with E-state index < -0.39 is 21.2 Å². The molecule has 9 nitrogen and oxygen atoms in total. The van der Waals surface area contributed by atoms with Crippen LogP contribution in [0.4, 0.5) is 4.79 Å². The predicted octanol–water partition coefficient (Wildman–Crippen LogP) is 2.06. The van der Waals surface area contributed by atoms with Gasteiger partial charge >= 0.3 is 12.1 Å². The molecule has 1 amide bonds. The Labute approximate surface area is 147 Å². The van der Waals surface area contributed by atoms with Crippen LogP contribution >= 0.6 is 12.1 Å². The van der Waals surface area contributed by atoms with Crippen molar-refractivity contribution in [3.63, 3.8) is 0 Å². The number of hydrogen-bond acceptors (Lipinski definition) is 8. The van der Waals surface area contributed by atoms with E-state index in [9.17, 15) is 13.2 Å². The number of amides is 1. The van der Waals surface area contributed by atoms with Gasteiger partial charge in [0.2, 0.25) is 0 Å². The number of amidine groups is 1. The Bertz CT molecular complexity index is 564. The SMILES string of the molecule is C=C(OC(=NO)N(C)SN(C)C(=O)OCCCC)C(C)S(C)(=O)=O. The first-order valence-corrected chi connectivity index (χ1v) is 9.82. The van der Waals surface area contributed by atoms with E-state index in [-0.39, 0.29) is 11.8 Å². The first kappa shape index (κ1) is 22.4. The summed E-state index contributed by atoms with van der Waals surface area (Å²) in [6.45, 7) is 7.21. The molecule has 0 aliphatic rings. The van der Waals surface area contributed by atoms with Crippen molar-refractivity contribution in [1.29, 1.82) is 0 Å². The molecule has 0 bridgehead atoms. The molecule has 0 aliphatic heterocycles. The number of sulfone groups is 1. The van der Waals surface area contributed by atoms with E-state index in [0.717, 1.165) is 31.2 Å². The predicted molar refractivity (Wildman–Crippen MR) is 93.1 cm³/mol. The number of hydrogen-bond donors (Lipinski definition) is 1. The van der Waals surface area contributed by atoms with Gasteiger partial charge in [0.05, 0.1) is 18.7 Å². The average Bonchev–Trinajstić information content (AvgIpc) is 2.50. The van der Waals surface area contributed by atoms with Gasteiger partial charge in [-0.25, -0.2) is 17.5 Å². The third kappa shape index (κ3) is 7.77. The first-order valence-electron chi connectivity index (χ1n) is 7.14. The van der Waals surface area contributed by atoms with Crippen molar-refractivity contribution in [1.82, 2.24) is 8.61 Å². The van der Waals surface area contributed by atoms with Crippen molar-refractivity contribution in [2.75, 3.05) is 27.0 Å². The van der Waals surface area contributed by atoms with Crippen LogP contribution in [0, 0.1) is 0 Å². The van der Waals surface area contributed by atoms with Crippen LogP contribution in [0.1, 0.15) is 26.7 Å². The highest BCUT2D eigenvalue weighted by Gasteiger charge is 2.24. The lowest BCUT2D eigenvalue weighted by Crippen LogP contribution is -2.32. The molecule has 0 fully saturated rings. The molecule has 140 valence electrons. The van der Waals surface area contributed by atoms with Gasteiger partial charge in [-0.3, -0.25) is 4.31 Å². The van der Waals surface area contributed by atoms with Crippen LogP contribution in [0.2, 0.25) is 0 Å². The van der Waals surface area contributed by atoms with Crippen LogP contribution < -0.4 is 0 Å². The van der Waals surface area contributed by atoms with Crippen LogP contribution in [-0.4, -0.2) is 66.6 Å². The summed E-state index contributed by atoms with van der Waals surface area (Å²) in [5, 5.41) is 11.0. The molecule has 0 aromatic rings. The summed E-state index contributed by atoms with van der Waals surface area (Å²) in [4.78, 5) is 11.7. The topological polar surface area (TPSA) is 109 Å². The molecule has 0 heterocycles. The number of carbonyl (C=O) groups excluding carboxylic acids is 1. The fraction of sp³-hybridized carbons (Fsp3) is 0.692. The van der Waals surface area contributed by atoms with Gasteiger partial charge < -0.3 is 14.7 Å². The van der Waals surface area contributed by atoms with Gasteiger partial charge in [-0.1, -0.05) is 19.9 Å². The zero-order valence-electron chi connectivity index (χ0n) is 14.6. The van der Waals surface area contributed by atoms with Gasteiger partial charge in [-0.05, 0) is 18.5 Å². The Hall–Kier alpha value is -1.62. The molecule has 0 radical (unpaired) electrons. The van der Waals surface area contributed by atoms with Crippen molar-refractivity contribution in [3.05, 3.63) is 12.3 Å². The second-order valence-corrected chi connectivity index (χ2v) is 8.59. The zero-order valence-corrected chi connectivity index (χ0v) is 16.2. The van der Waals surface area contributed by atoms with Crippen molar-refractivity contribution >= 4 is 34.1 Å². The first-order chi connectivity index (χ1) is 11.0. The fourth-order valence-corrected chi connectivity index (χ4v) is 2.39. The zero-order chi connectivity index (χ0) is 18.9. The Balaban J connectivity index is 4.68. The molecule has 11 heteroatoms. The van der Waals surface area contributed by atoms with E-state index in [0.29, 0.717) is 6.61 Å². The van der Waals surface area contributed by atoms with Gasteiger partial charge in [-0.15, -0.1) is 0 Å². The van der Waals surface area contributed by atoms with Gasteiger partial charge in [0.25, 0.3) is 0 Å². The standard InChI is InChI=1S/C13H25N3O6S2/c1-7-8-9-21-13(17)16(5)23-15(4)12(14-18)22-10(2)11(3)24(6,19)20/h11,18H,2,7-9H2,1,3-6H3. The monoisotopic (exact) mass is 383 g/mol. The summed E-state index contributed by atoms with van der Waals surface area (Å²) >= 11 is 0.845. The van der Waals surface area contributed by atoms with Crippen LogP contribution in [0.25, 0.3) is 0 Å². The second kappa shape index (κ2) is 10.3. The van der Waals surface area contributed by atoms with Crippen LogP contribution in [0.15, 0.2) is 17.5 Å². The molecular weight excluding hydrogens is 358 g/mol. The van der Waals surface area contributed by atoms with E-state index in [2.05, 4.69) is 11.7 Å². The molecule has 0 saturated carbocycles. The minimum atomic E-state index is -3.40. The normalized spacial score (nSPS) is 13.1. The summed E-state index contributed by atoms with van der Waals surface area (Å²) in [5.41, 5.74) is 0. The molecule has 0 spiro atoms. The average molecular weight is 383 g/mol. The highest BCUT2D eigenvalue weighted by molar-refractivity contribution is 7.95. The van der Waals surface area contributed by atoms with E-state index in [1.807, 2.05) is 6.92 Å². The summed E-state index contributed by atoms with van der Waals surface area (Å²) in [7, 11) is -0.465. The van der Waals surface area contributed by atoms with Gasteiger partial charge in [-0.2, -0.15) is 0 Å². The maximum Gasteiger partial charge on any atom is 0.420 e. The second-order valence-electron chi connectivity index (χ2n) is 4.97. The quantitative estimate of drug-likeness (QED) is 0.129. The number of nitrogens with zero attached hydrogens (tertiary/aromatic N) is 3. The minimum Gasteiger partial charge on any atom is -0.449 e. The van der Waals surface area contributed by atoms with E-state index >= 15 is 0 Å². The number of oxime groups is 1. The molecule has 1 atom stereocenters. The lowest BCUT2D eigenvalue weighted by atomic mass is 10.4. The van der Waals surface area contributed by atoms with Gasteiger partial charge in [0.15, 0.2) is 9.84 Å². The molecule has 0 aliphatic carbocycles. The lowest BCUT2D eigenvalue weighted by Gasteiger charge is -2.24. The summed E-state index contributed by atoms with van der Waals surface area (Å²) in [6, 6.07) is -0.325. The Morgan fingerprint density at radius 3 is 2.42 bits per heavy atom. The molecule has 24 heavy (non-hydrogen) atoms. The molecule has 0 aromatic heterocycles. The van der Waals surface area contributed by atoms with Crippen molar-refractivity contribution in [2.45, 2.75) is 31.9 Å². The van der Waals surface area contributed by atoms with Gasteiger partial charge in [0.1, 0.15) is 11.0 Å². The highest BCUT2D eigenvalue weighted by Crippen LogP contribution is 2.18. The maximum atomic E-state index is 11.7. The molecule has 1 unspecified atom stereocenters. The smallest absolute Gasteiger partial charge is 0.420 e. The summed E-state index contributed by atoms with van der Waals surface area (Å²) < 4.78 is 35.5. The lowest BCUT2D eigenvalue weighted by molar-refractivity contribution is 0.130. The molecule has 0 rings (SSSR count). The third-order valence-corrected chi connectivity index (χ3v) is 5.24.